The van der Waals surface area contributed by atoms with Crippen molar-refractivity contribution in [2.24, 2.45) is 0 Å². The Balaban J connectivity index is 4.73. The van der Waals surface area contributed by atoms with E-state index in [1.54, 1.807) is 6.92 Å². The van der Waals surface area contributed by atoms with E-state index in [2.05, 4.69) is 11.3 Å². The summed E-state index contributed by atoms with van der Waals surface area (Å²) in [5.41, 5.74) is -2.53. The van der Waals surface area contributed by atoms with Crippen LogP contribution in [-0.2, 0) is 4.74 Å². The quantitative estimate of drug-likeness (QED) is 0.752. The van der Waals surface area contributed by atoms with E-state index in [4.69, 9.17) is 0 Å². The Morgan fingerprint density at radius 2 is 1.88 bits per heavy atom. The van der Waals surface area contributed by atoms with E-state index in [9.17, 15) is 18.0 Å². The number of ether oxygens (including phenoxy) is 1. The number of hydrogen-bond acceptors (Lipinski definition) is 2. The average Bonchev–Trinajstić information content (AvgIpc) is 2.11. The molecule has 0 saturated carbocycles. The van der Waals surface area contributed by atoms with Crippen LogP contribution < -0.4 is 0 Å². The zero-order chi connectivity index (χ0) is 13.0. The molecule has 0 unspecified atom stereocenters. The van der Waals surface area contributed by atoms with Crippen molar-refractivity contribution in [1.82, 2.24) is 4.90 Å². The molecule has 0 aliphatic carbocycles. The average molecular weight is 237 g/mol. The molecule has 0 aromatic heterocycles. The first-order valence-electron chi connectivity index (χ1n) is 4.49. The maximum absolute atomic E-state index is 12.4. The molecule has 92 valence electrons. The lowest BCUT2D eigenvalue weighted by molar-refractivity contribution is -0.245. The summed E-state index contributed by atoms with van der Waals surface area (Å²) in [6.07, 6.45) is -1.96. The molecule has 0 saturated heterocycles. The standard InChI is InChI=1S/C10H14F3NO2/c1-5-7-14(6-2)8(15)16-9(3,4)10(11,12)13/h5-7H,2H2,1,3-4H3/b7-5-. The normalized spacial score (nSPS) is 12.6. The fourth-order valence-corrected chi connectivity index (χ4v) is 0.686. The third-order valence-corrected chi connectivity index (χ3v) is 1.74. The first-order chi connectivity index (χ1) is 7.15. The van der Waals surface area contributed by atoms with Crippen LogP contribution >= 0.6 is 0 Å². The van der Waals surface area contributed by atoms with Gasteiger partial charge in [0.2, 0.25) is 5.60 Å². The minimum atomic E-state index is -4.62. The molecule has 0 heterocycles. The van der Waals surface area contributed by atoms with Crippen molar-refractivity contribution < 1.29 is 22.7 Å². The predicted molar refractivity (Wildman–Crippen MR) is 53.5 cm³/mol. The molecule has 0 aromatic rings. The van der Waals surface area contributed by atoms with Crippen LogP contribution in [0.2, 0.25) is 0 Å². The summed E-state index contributed by atoms with van der Waals surface area (Å²) < 4.78 is 41.6. The molecule has 0 spiro atoms. The monoisotopic (exact) mass is 237 g/mol. The smallest absolute Gasteiger partial charge is 0.427 e. The van der Waals surface area contributed by atoms with Crippen molar-refractivity contribution in [3.05, 3.63) is 25.1 Å². The van der Waals surface area contributed by atoms with E-state index in [0.717, 1.165) is 24.9 Å². The number of hydrogen-bond donors (Lipinski definition) is 0. The van der Waals surface area contributed by atoms with Crippen LogP contribution in [0.3, 0.4) is 0 Å². The second-order valence-corrected chi connectivity index (χ2v) is 3.45. The van der Waals surface area contributed by atoms with Crippen LogP contribution in [0.25, 0.3) is 0 Å². The van der Waals surface area contributed by atoms with E-state index in [0.29, 0.717) is 0 Å². The highest BCUT2D eigenvalue weighted by Gasteiger charge is 2.51. The molecule has 3 nitrogen and oxygen atoms in total. The van der Waals surface area contributed by atoms with Crippen LogP contribution in [0.4, 0.5) is 18.0 Å². The van der Waals surface area contributed by atoms with Crippen molar-refractivity contribution in [3.8, 4) is 0 Å². The van der Waals surface area contributed by atoms with Gasteiger partial charge in [0.05, 0.1) is 0 Å². The van der Waals surface area contributed by atoms with Gasteiger partial charge < -0.3 is 4.74 Å². The van der Waals surface area contributed by atoms with Gasteiger partial charge in [0.1, 0.15) is 0 Å². The summed E-state index contributed by atoms with van der Waals surface area (Å²) in [5, 5.41) is 0. The molecular weight excluding hydrogens is 223 g/mol. The van der Waals surface area contributed by atoms with E-state index in [1.807, 2.05) is 0 Å². The number of amides is 1. The van der Waals surface area contributed by atoms with Gasteiger partial charge in [-0.05, 0) is 20.8 Å². The summed E-state index contributed by atoms with van der Waals surface area (Å²) >= 11 is 0. The summed E-state index contributed by atoms with van der Waals surface area (Å²) in [5.74, 6) is 0. The van der Waals surface area contributed by atoms with Gasteiger partial charge >= 0.3 is 12.3 Å². The maximum atomic E-state index is 12.4. The molecule has 16 heavy (non-hydrogen) atoms. The Morgan fingerprint density at radius 3 is 2.19 bits per heavy atom. The van der Waals surface area contributed by atoms with Crippen molar-refractivity contribution in [1.29, 1.82) is 0 Å². The summed E-state index contributed by atoms with van der Waals surface area (Å²) in [7, 11) is 0. The van der Waals surface area contributed by atoms with Crippen molar-refractivity contribution in [2.75, 3.05) is 0 Å². The molecular formula is C10H14F3NO2. The van der Waals surface area contributed by atoms with E-state index < -0.39 is 17.9 Å². The highest BCUT2D eigenvalue weighted by molar-refractivity contribution is 5.70. The molecule has 6 heteroatoms. The molecule has 0 aromatic carbocycles. The SMILES string of the molecule is C=CN(/C=C\C)C(=O)OC(C)(C)C(F)(F)F. The minimum absolute atomic E-state index is 0.780. The van der Waals surface area contributed by atoms with Crippen molar-refractivity contribution in [3.63, 3.8) is 0 Å². The molecule has 0 N–H and O–H groups in total. The highest BCUT2D eigenvalue weighted by Crippen LogP contribution is 2.33. The van der Waals surface area contributed by atoms with Gasteiger partial charge in [-0.25, -0.2) is 4.79 Å². The van der Waals surface area contributed by atoms with E-state index in [-0.39, 0.29) is 0 Å². The number of halogens is 3. The molecule has 0 bridgehead atoms. The first-order valence-corrected chi connectivity index (χ1v) is 4.49. The van der Waals surface area contributed by atoms with Crippen LogP contribution in [0.1, 0.15) is 20.8 Å². The topological polar surface area (TPSA) is 29.5 Å². The van der Waals surface area contributed by atoms with Gasteiger partial charge in [0, 0.05) is 12.4 Å². The van der Waals surface area contributed by atoms with Crippen LogP contribution in [-0.4, -0.2) is 22.8 Å². The maximum Gasteiger partial charge on any atom is 0.427 e. The lowest BCUT2D eigenvalue weighted by Crippen LogP contribution is -2.45. The molecule has 0 rings (SSSR count). The molecule has 0 radical (unpaired) electrons. The Hall–Kier alpha value is -1.46. The van der Waals surface area contributed by atoms with Gasteiger partial charge in [-0.2, -0.15) is 13.2 Å². The molecule has 1 amide bonds. The number of carbonyl (C=O) groups excluding carboxylic acids is 1. The second-order valence-electron chi connectivity index (χ2n) is 3.45. The summed E-state index contributed by atoms with van der Waals surface area (Å²) in [6, 6.07) is 0. The second kappa shape index (κ2) is 5.05. The van der Waals surface area contributed by atoms with Gasteiger partial charge in [-0.15, -0.1) is 0 Å². The molecule has 0 fully saturated rings. The van der Waals surface area contributed by atoms with E-state index >= 15 is 0 Å². The molecule has 0 aliphatic rings. The lowest BCUT2D eigenvalue weighted by Gasteiger charge is -2.29. The summed E-state index contributed by atoms with van der Waals surface area (Å²) in [4.78, 5) is 12.1. The van der Waals surface area contributed by atoms with Crippen molar-refractivity contribution >= 4 is 6.09 Å². The number of alkyl halides is 3. The van der Waals surface area contributed by atoms with Crippen LogP contribution in [0.5, 0.6) is 0 Å². The Bertz CT molecular complexity index is 295. The highest BCUT2D eigenvalue weighted by atomic mass is 19.4. The first kappa shape index (κ1) is 14.5. The summed E-state index contributed by atoms with van der Waals surface area (Å²) in [6.45, 7) is 6.45. The fraction of sp³-hybridized carbons (Fsp3) is 0.500. The minimum Gasteiger partial charge on any atom is -0.433 e. The number of allylic oxidation sites excluding steroid dienone is 1. The van der Waals surface area contributed by atoms with Crippen LogP contribution in [0, 0.1) is 0 Å². The van der Waals surface area contributed by atoms with Gasteiger partial charge in [-0.1, -0.05) is 12.7 Å². The van der Waals surface area contributed by atoms with Gasteiger partial charge in [-0.3, -0.25) is 4.90 Å². The Kier molecular flexibility index (Phi) is 4.59. The van der Waals surface area contributed by atoms with Gasteiger partial charge in [0.15, 0.2) is 0 Å². The largest absolute Gasteiger partial charge is 0.433 e. The third kappa shape index (κ3) is 3.60. The Labute approximate surface area is 92.2 Å². The number of nitrogens with zero attached hydrogens (tertiary/aromatic N) is 1. The van der Waals surface area contributed by atoms with Crippen molar-refractivity contribution in [2.45, 2.75) is 32.5 Å². The predicted octanol–water partition coefficient (Wildman–Crippen LogP) is 3.44. The zero-order valence-corrected chi connectivity index (χ0v) is 9.34. The number of rotatable bonds is 3. The zero-order valence-electron chi connectivity index (χ0n) is 9.34. The Morgan fingerprint density at radius 1 is 1.38 bits per heavy atom. The third-order valence-electron chi connectivity index (χ3n) is 1.74. The van der Waals surface area contributed by atoms with E-state index in [1.165, 1.54) is 12.3 Å². The molecule has 0 aliphatic heterocycles. The fourth-order valence-electron chi connectivity index (χ4n) is 0.686. The number of carbonyl (C=O) groups is 1. The van der Waals surface area contributed by atoms with Crippen LogP contribution in [0.15, 0.2) is 25.1 Å². The van der Waals surface area contributed by atoms with Gasteiger partial charge in [0.25, 0.3) is 0 Å². The lowest BCUT2D eigenvalue weighted by atomic mass is 10.1. The molecule has 0 atom stereocenters.